The Hall–Kier alpha value is -2.49. The number of hydrogen-bond donors (Lipinski definition) is 0. The maximum Gasteiger partial charge on any atom is 0.211 e. The maximum atomic E-state index is 12.6. The molecule has 2 heterocycles. The number of carbonyl (C=O) groups excluding carboxylic acids is 1. The minimum absolute atomic E-state index is 0.0211. The lowest BCUT2D eigenvalue weighted by Gasteiger charge is -2.03. The zero-order valence-corrected chi connectivity index (χ0v) is 11.5. The van der Waals surface area contributed by atoms with Gasteiger partial charge in [-0.2, -0.15) is 5.10 Å². The minimum Gasteiger partial charge on any atom is -0.287 e. The molecule has 0 bridgehead atoms. The molecule has 0 saturated carbocycles. The van der Waals surface area contributed by atoms with Crippen molar-refractivity contribution in [2.24, 2.45) is 7.05 Å². The molecule has 0 atom stereocenters. The summed E-state index contributed by atoms with van der Waals surface area (Å²) in [6.07, 6.45) is 2.55. The monoisotopic (exact) mass is 265 g/mol. The molecule has 1 aromatic carbocycles. The van der Waals surface area contributed by atoms with Crippen LogP contribution in [0.2, 0.25) is 0 Å². The van der Waals surface area contributed by atoms with E-state index in [1.54, 1.807) is 17.9 Å². The normalized spacial score (nSPS) is 10.9. The number of fused-ring (bicyclic) bond motifs is 1. The van der Waals surface area contributed by atoms with Crippen LogP contribution in [0.25, 0.3) is 10.9 Å². The van der Waals surface area contributed by atoms with Crippen molar-refractivity contribution in [1.29, 1.82) is 0 Å². The highest BCUT2D eigenvalue weighted by molar-refractivity contribution is 6.09. The zero-order valence-electron chi connectivity index (χ0n) is 11.5. The number of aryl methyl sites for hydroxylation is 2. The average molecular weight is 265 g/mol. The first-order valence-corrected chi connectivity index (χ1v) is 6.61. The van der Waals surface area contributed by atoms with Crippen LogP contribution in [0.4, 0.5) is 0 Å². The van der Waals surface area contributed by atoms with Gasteiger partial charge in [0, 0.05) is 24.2 Å². The lowest BCUT2D eigenvalue weighted by molar-refractivity contribution is 0.103. The fraction of sp³-hybridized carbons (Fsp3) is 0.188. The highest BCUT2D eigenvalue weighted by Gasteiger charge is 2.15. The molecule has 100 valence electrons. The summed E-state index contributed by atoms with van der Waals surface area (Å²) in [4.78, 5) is 16.8. The van der Waals surface area contributed by atoms with Crippen molar-refractivity contribution < 1.29 is 4.79 Å². The van der Waals surface area contributed by atoms with Crippen molar-refractivity contribution in [2.75, 3.05) is 0 Å². The van der Waals surface area contributed by atoms with Gasteiger partial charge in [0.05, 0.1) is 11.2 Å². The second-order valence-electron chi connectivity index (χ2n) is 4.74. The van der Waals surface area contributed by atoms with Crippen molar-refractivity contribution in [3.05, 3.63) is 59.5 Å². The number of rotatable bonds is 3. The molecule has 0 spiro atoms. The average Bonchev–Trinajstić information content (AvgIpc) is 2.87. The SMILES string of the molecule is CCc1cc(C(=O)c2ccc3cccnc3c2)n(C)n1. The summed E-state index contributed by atoms with van der Waals surface area (Å²) in [6, 6.07) is 11.3. The number of carbonyl (C=O) groups is 1. The van der Waals surface area contributed by atoms with Crippen molar-refractivity contribution >= 4 is 16.7 Å². The van der Waals surface area contributed by atoms with E-state index < -0.39 is 0 Å². The van der Waals surface area contributed by atoms with E-state index in [0.29, 0.717) is 11.3 Å². The lowest BCUT2D eigenvalue weighted by Crippen LogP contribution is -2.08. The highest BCUT2D eigenvalue weighted by atomic mass is 16.1. The van der Waals surface area contributed by atoms with Gasteiger partial charge in [0.25, 0.3) is 0 Å². The number of pyridine rings is 1. The van der Waals surface area contributed by atoms with Gasteiger partial charge >= 0.3 is 0 Å². The molecule has 20 heavy (non-hydrogen) atoms. The van der Waals surface area contributed by atoms with E-state index in [-0.39, 0.29) is 5.78 Å². The van der Waals surface area contributed by atoms with E-state index in [4.69, 9.17) is 0 Å². The van der Waals surface area contributed by atoms with Crippen LogP contribution >= 0.6 is 0 Å². The first-order chi connectivity index (χ1) is 9.69. The summed E-state index contributed by atoms with van der Waals surface area (Å²) in [5.41, 5.74) is 3.00. The molecule has 0 amide bonds. The summed E-state index contributed by atoms with van der Waals surface area (Å²) in [5, 5.41) is 5.35. The molecule has 0 aliphatic heterocycles. The quantitative estimate of drug-likeness (QED) is 0.684. The number of nitrogens with zero attached hydrogens (tertiary/aromatic N) is 3. The summed E-state index contributed by atoms with van der Waals surface area (Å²) in [5.74, 6) is -0.0211. The third-order valence-corrected chi connectivity index (χ3v) is 3.39. The number of aromatic nitrogens is 3. The van der Waals surface area contributed by atoms with E-state index in [2.05, 4.69) is 10.1 Å². The van der Waals surface area contributed by atoms with E-state index in [9.17, 15) is 4.79 Å². The summed E-state index contributed by atoms with van der Waals surface area (Å²) in [7, 11) is 1.80. The molecule has 3 aromatic rings. The molecule has 4 nitrogen and oxygen atoms in total. The van der Waals surface area contributed by atoms with Gasteiger partial charge in [0.1, 0.15) is 5.69 Å². The number of ketones is 1. The Balaban J connectivity index is 2.05. The molecule has 0 saturated heterocycles. The molecule has 0 aliphatic rings. The summed E-state index contributed by atoms with van der Waals surface area (Å²) < 4.78 is 1.64. The van der Waals surface area contributed by atoms with E-state index >= 15 is 0 Å². The van der Waals surface area contributed by atoms with E-state index in [1.807, 2.05) is 43.3 Å². The van der Waals surface area contributed by atoms with E-state index in [0.717, 1.165) is 23.0 Å². The standard InChI is InChI=1S/C16H15N3O/c1-3-13-10-15(19(2)18-13)16(20)12-7-6-11-5-4-8-17-14(11)9-12/h4-10H,3H2,1-2H3. The Morgan fingerprint density at radius 1 is 1.25 bits per heavy atom. The molecule has 4 heteroatoms. The third-order valence-electron chi connectivity index (χ3n) is 3.39. The fourth-order valence-electron chi connectivity index (χ4n) is 2.27. The van der Waals surface area contributed by atoms with Crippen molar-refractivity contribution in [1.82, 2.24) is 14.8 Å². The molecule has 0 aliphatic carbocycles. The molecule has 0 fully saturated rings. The largest absolute Gasteiger partial charge is 0.287 e. The fourth-order valence-corrected chi connectivity index (χ4v) is 2.27. The molecule has 0 radical (unpaired) electrons. The minimum atomic E-state index is -0.0211. The maximum absolute atomic E-state index is 12.6. The second kappa shape index (κ2) is 4.89. The Kier molecular flexibility index (Phi) is 3.06. The van der Waals surface area contributed by atoms with Gasteiger partial charge in [-0.1, -0.05) is 25.1 Å². The molecule has 3 rings (SSSR count). The van der Waals surface area contributed by atoms with Crippen LogP contribution in [0.15, 0.2) is 42.6 Å². The Morgan fingerprint density at radius 2 is 2.10 bits per heavy atom. The van der Waals surface area contributed by atoms with Crippen LogP contribution in [-0.4, -0.2) is 20.5 Å². The Morgan fingerprint density at radius 3 is 2.85 bits per heavy atom. The van der Waals surface area contributed by atoms with Crippen LogP contribution in [0.5, 0.6) is 0 Å². The number of benzene rings is 1. The zero-order chi connectivity index (χ0) is 14.1. The first-order valence-electron chi connectivity index (χ1n) is 6.61. The molecule has 0 N–H and O–H groups in total. The van der Waals surface area contributed by atoms with Gasteiger partial charge in [-0.3, -0.25) is 14.5 Å². The van der Waals surface area contributed by atoms with Crippen LogP contribution in [0, 0.1) is 0 Å². The van der Waals surface area contributed by atoms with Crippen molar-refractivity contribution in [3.8, 4) is 0 Å². The van der Waals surface area contributed by atoms with Gasteiger partial charge in [-0.15, -0.1) is 0 Å². The number of hydrogen-bond acceptors (Lipinski definition) is 3. The van der Waals surface area contributed by atoms with Crippen LogP contribution in [0.3, 0.4) is 0 Å². The van der Waals surface area contributed by atoms with Crippen LogP contribution in [-0.2, 0) is 13.5 Å². The Bertz CT molecular complexity index is 789. The van der Waals surface area contributed by atoms with Gasteiger partial charge in [0.2, 0.25) is 5.78 Å². The molecular formula is C16H15N3O. The van der Waals surface area contributed by atoms with Crippen LogP contribution in [0.1, 0.15) is 28.7 Å². The second-order valence-corrected chi connectivity index (χ2v) is 4.74. The summed E-state index contributed by atoms with van der Waals surface area (Å²) >= 11 is 0. The van der Waals surface area contributed by atoms with Crippen LogP contribution < -0.4 is 0 Å². The van der Waals surface area contributed by atoms with Crippen molar-refractivity contribution in [3.63, 3.8) is 0 Å². The molecule has 2 aromatic heterocycles. The molecule has 0 unspecified atom stereocenters. The first kappa shape index (κ1) is 12.5. The van der Waals surface area contributed by atoms with Gasteiger partial charge in [-0.05, 0) is 24.6 Å². The highest BCUT2D eigenvalue weighted by Crippen LogP contribution is 2.17. The lowest BCUT2D eigenvalue weighted by atomic mass is 10.1. The molecular weight excluding hydrogens is 250 g/mol. The van der Waals surface area contributed by atoms with E-state index in [1.165, 1.54) is 0 Å². The Labute approximate surface area is 117 Å². The predicted octanol–water partition coefficient (Wildman–Crippen LogP) is 2.76. The topological polar surface area (TPSA) is 47.8 Å². The smallest absolute Gasteiger partial charge is 0.211 e. The van der Waals surface area contributed by atoms with Gasteiger partial charge in [-0.25, -0.2) is 0 Å². The summed E-state index contributed by atoms with van der Waals surface area (Å²) in [6.45, 7) is 2.02. The predicted molar refractivity (Wildman–Crippen MR) is 77.8 cm³/mol. The van der Waals surface area contributed by atoms with Gasteiger partial charge in [0.15, 0.2) is 0 Å². The van der Waals surface area contributed by atoms with Crippen molar-refractivity contribution in [2.45, 2.75) is 13.3 Å². The van der Waals surface area contributed by atoms with Gasteiger partial charge < -0.3 is 0 Å². The third kappa shape index (κ3) is 2.09.